The molecule has 0 saturated carbocycles. The number of methoxy groups -OCH3 is 1. The second kappa shape index (κ2) is 3.55. The monoisotopic (exact) mass is 229 g/mol. The van der Waals surface area contributed by atoms with Crippen molar-refractivity contribution in [1.82, 2.24) is 10.1 Å². The Morgan fingerprint density at radius 3 is 3.00 bits per heavy atom. The predicted octanol–water partition coefficient (Wildman–Crippen LogP) is 2.41. The molecule has 0 saturated heterocycles. The lowest BCUT2D eigenvalue weighted by Gasteiger charge is -1.99. The molecule has 0 bridgehead atoms. The van der Waals surface area contributed by atoms with Gasteiger partial charge in [-0.05, 0) is 12.1 Å². The largest absolute Gasteiger partial charge is 0.495 e. The second-order valence-corrected chi connectivity index (χ2v) is 3.72. The first kappa shape index (κ1) is 9.77. The highest BCUT2D eigenvalue weighted by molar-refractivity contribution is 5.90. The molecule has 1 aromatic carbocycles. The van der Waals surface area contributed by atoms with E-state index in [1.165, 1.54) is 6.20 Å². The van der Waals surface area contributed by atoms with Crippen LogP contribution < -0.4 is 10.5 Å². The Morgan fingerprint density at radius 1 is 1.41 bits per heavy atom. The Kier molecular flexibility index (Phi) is 2.04. The van der Waals surface area contributed by atoms with E-state index in [2.05, 4.69) is 10.1 Å². The summed E-state index contributed by atoms with van der Waals surface area (Å²) in [4.78, 5) is 3.22. The van der Waals surface area contributed by atoms with Gasteiger partial charge in [-0.15, -0.1) is 0 Å². The van der Waals surface area contributed by atoms with E-state index < -0.39 is 0 Å². The third-order valence-corrected chi connectivity index (χ3v) is 2.68. The summed E-state index contributed by atoms with van der Waals surface area (Å²) >= 11 is 0. The quantitative estimate of drug-likeness (QED) is 0.707. The first-order chi connectivity index (χ1) is 8.29. The van der Waals surface area contributed by atoms with Crippen LogP contribution in [0.1, 0.15) is 0 Å². The van der Waals surface area contributed by atoms with Gasteiger partial charge in [-0.3, -0.25) is 0 Å². The standard InChI is InChI=1S/C12H11N3O2/c1-16-10-4-2-3-7-5-9(15-11(7)10)12-8(13)6-14-17-12/h2-6,15H,13H2,1H3. The lowest BCUT2D eigenvalue weighted by molar-refractivity contribution is 0.419. The summed E-state index contributed by atoms with van der Waals surface area (Å²) in [5.41, 5.74) is 7.98. The molecule has 0 aliphatic carbocycles. The van der Waals surface area contributed by atoms with Crippen LogP contribution in [0.25, 0.3) is 22.4 Å². The van der Waals surface area contributed by atoms with Crippen LogP contribution in [0, 0.1) is 0 Å². The Hall–Kier alpha value is -2.43. The number of anilines is 1. The molecule has 0 fully saturated rings. The smallest absolute Gasteiger partial charge is 0.205 e. The fourth-order valence-corrected chi connectivity index (χ4v) is 1.87. The van der Waals surface area contributed by atoms with Gasteiger partial charge < -0.3 is 20.0 Å². The third-order valence-electron chi connectivity index (χ3n) is 2.68. The Balaban J connectivity index is 2.24. The maximum atomic E-state index is 5.76. The van der Waals surface area contributed by atoms with Crippen molar-refractivity contribution in [2.75, 3.05) is 12.8 Å². The van der Waals surface area contributed by atoms with Crippen molar-refractivity contribution < 1.29 is 9.26 Å². The molecule has 0 unspecified atom stereocenters. The van der Waals surface area contributed by atoms with Crippen molar-refractivity contribution in [3.8, 4) is 17.2 Å². The van der Waals surface area contributed by atoms with Crippen LogP contribution >= 0.6 is 0 Å². The van der Waals surface area contributed by atoms with Crippen molar-refractivity contribution in [1.29, 1.82) is 0 Å². The normalized spacial score (nSPS) is 10.9. The fourth-order valence-electron chi connectivity index (χ4n) is 1.87. The topological polar surface area (TPSA) is 77.1 Å². The van der Waals surface area contributed by atoms with Crippen molar-refractivity contribution >= 4 is 16.6 Å². The molecule has 5 nitrogen and oxygen atoms in total. The van der Waals surface area contributed by atoms with E-state index in [1.807, 2.05) is 24.3 Å². The Morgan fingerprint density at radius 2 is 2.29 bits per heavy atom. The minimum atomic E-state index is 0.510. The SMILES string of the molecule is COc1cccc2cc(-c3oncc3N)[nH]c12. The Labute approximate surface area is 97.2 Å². The summed E-state index contributed by atoms with van der Waals surface area (Å²) < 4.78 is 10.4. The molecular weight excluding hydrogens is 218 g/mol. The van der Waals surface area contributed by atoms with E-state index in [9.17, 15) is 0 Å². The van der Waals surface area contributed by atoms with Gasteiger partial charge in [0.1, 0.15) is 11.4 Å². The summed E-state index contributed by atoms with van der Waals surface area (Å²) in [5, 5.41) is 4.70. The van der Waals surface area contributed by atoms with Crippen LogP contribution in [0.2, 0.25) is 0 Å². The number of hydrogen-bond acceptors (Lipinski definition) is 4. The number of nitrogens with two attached hydrogens (primary N) is 1. The van der Waals surface area contributed by atoms with Crippen molar-refractivity contribution in [3.63, 3.8) is 0 Å². The fraction of sp³-hybridized carbons (Fsp3) is 0.0833. The zero-order valence-electron chi connectivity index (χ0n) is 9.23. The van der Waals surface area contributed by atoms with Gasteiger partial charge in [0.2, 0.25) is 5.76 Å². The van der Waals surface area contributed by atoms with E-state index in [1.54, 1.807) is 7.11 Å². The number of ether oxygens (including phenoxy) is 1. The summed E-state index contributed by atoms with van der Waals surface area (Å²) in [6.45, 7) is 0. The molecule has 17 heavy (non-hydrogen) atoms. The average molecular weight is 229 g/mol. The molecule has 2 heterocycles. The number of H-pyrrole nitrogens is 1. The predicted molar refractivity (Wildman–Crippen MR) is 64.8 cm³/mol. The van der Waals surface area contributed by atoms with Crippen LogP contribution in [0.3, 0.4) is 0 Å². The molecule has 3 N–H and O–H groups in total. The number of aromatic amines is 1. The van der Waals surface area contributed by atoms with Gasteiger partial charge >= 0.3 is 0 Å². The van der Waals surface area contributed by atoms with E-state index in [4.69, 9.17) is 15.0 Å². The number of nitrogens with zero attached hydrogens (tertiary/aromatic N) is 1. The summed E-state index contributed by atoms with van der Waals surface area (Å²) in [6, 6.07) is 7.77. The van der Waals surface area contributed by atoms with Crippen LogP contribution in [0.15, 0.2) is 35.0 Å². The third kappa shape index (κ3) is 1.44. The first-order valence-electron chi connectivity index (χ1n) is 5.16. The summed E-state index contributed by atoms with van der Waals surface area (Å²) in [7, 11) is 1.64. The highest BCUT2D eigenvalue weighted by Crippen LogP contribution is 2.31. The lowest BCUT2D eigenvalue weighted by Crippen LogP contribution is -1.85. The molecular formula is C12H11N3O2. The van der Waals surface area contributed by atoms with E-state index in [0.29, 0.717) is 11.4 Å². The number of fused-ring (bicyclic) bond motifs is 1. The number of nitrogen functional groups attached to an aromatic ring is 1. The lowest BCUT2D eigenvalue weighted by atomic mass is 10.2. The van der Waals surface area contributed by atoms with E-state index >= 15 is 0 Å². The maximum absolute atomic E-state index is 5.76. The summed E-state index contributed by atoms with van der Waals surface area (Å²) in [6.07, 6.45) is 1.48. The first-order valence-corrected chi connectivity index (χ1v) is 5.16. The van der Waals surface area contributed by atoms with Gasteiger partial charge in [0.05, 0.1) is 24.5 Å². The van der Waals surface area contributed by atoms with Gasteiger partial charge in [-0.1, -0.05) is 17.3 Å². The van der Waals surface area contributed by atoms with Crippen molar-refractivity contribution in [2.24, 2.45) is 0 Å². The van der Waals surface area contributed by atoms with Crippen molar-refractivity contribution in [3.05, 3.63) is 30.5 Å². The number of hydrogen-bond donors (Lipinski definition) is 2. The van der Waals surface area contributed by atoms with Crippen molar-refractivity contribution in [2.45, 2.75) is 0 Å². The highest BCUT2D eigenvalue weighted by atomic mass is 16.5. The zero-order valence-corrected chi connectivity index (χ0v) is 9.23. The van der Waals surface area contributed by atoms with Gasteiger partial charge in [0.15, 0.2) is 0 Å². The molecule has 2 aromatic heterocycles. The van der Waals surface area contributed by atoms with E-state index in [0.717, 1.165) is 22.3 Å². The van der Waals surface area contributed by atoms with Crippen LogP contribution in [0.4, 0.5) is 5.69 Å². The molecule has 5 heteroatoms. The Bertz CT molecular complexity index is 669. The minimum absolute atomic E-state index is 0.510. The molecule has 0 atom stereocenters. The van der Waals surface area contributed by atoms with Crippen LogP contribution in [-0.4, -0.2) is 17.3 Å². The summed E-state index contributed by atoms with van der Waals surface area (Å²) in [5.74, 6) is 1.33. The number of para-hydroxylation sites is 1. The molecule has 0 spiro atoms. The molecule has 86 valence electrons. The number of nitrogens with one attached hydrogen (secondary N) is 1. The zero-order chi connectivity index (χ0) is 11.8. The number of aromatic nitrogens is 2. The minimum Gasteiger partial charge on any atom is -0.495 e. The highest BCUT2D eigenvalue weighted by Gasteiger charge is 2.12. The van der Waals surface area contributed by atoms with Gasteiger partial charge in [0.25, 0.3) is 0 Å². The molecule has 3 rings (SSSR count). The molecule has 0 aliphatic rings. The van der Waals surface area contributed by atoms with Crippen LogP contribution in [-0.2, 0) is 0 Å². The molecule has 0 aliphatic heterocycles. The van der Waals surface area contributed by atoms with Gasteiger partial charge in [-0.2, -0.15) is 0 Å². The molecule has 3 aromatic rings. The van der Waals surface area contributed by atoms with E-state index in [-0.39, 0.29) is 0 Å². The average Bonchev–Trinajstić information content (AvgIpc) is 2.93. The molecule has 0 amide bonds. The number of benzene rings is 1. The number of rotatable bonds is 2. The van der Waals surface area contributed by atoms with Gasteiger partial charge in [-0.25, -0.2) is 0 Å². The maximum Gasteiger partial charge on any atom is 0.205 e. The van der Waals surface area contributed by atoms with Gasteiger partial charge in [0, 0.05) is 5.39 Å². The van der Waals surface area contributed by atoms with Crippen LogP contribution in [0.5, 0.6) is 5.75 Å². The second-order valence-electron chi connectivity index (χ2n) is 3.72. The molecule has 0 radical (unpaired) electrons.